The second-order valence-corrected chi connectivity index (χ2v) is 4.13. The first kappa shape index (κ1) is 11.5. The van der Waals surface area contributed by atoms with Gasteiger partial charge in [-0.15, -0.1) is 0 Å². The number of hydrogen-bond donors (Lipinski definition) is 1. The lowest BCUT2D eigenvalue weighted by atomic mass is 10.2. The van der Waals surface area contributed by atoms with Crippen molar-refractivity contribution in [2.24, 2.45) is 0 Å². The molecular formula is C15H18N2. The molecule has 0 bridgehead atoms. The van der Waals surface area contributed by atoms with Crippen LogP contribution in [-0.4, -0.2) is 6.17 Å². The first-order valence-electron chi connectivity index (χ1n) is 5.85. The van der Waals surface area contributed by atoms with Crippen LogP contribution in [0.4, 0.5) is 5.69 Å². The van der Waals surface area contributed by atoms with Crippen molar-refractivity contribution in [2.45, 2.75) is 20.0 Å². The van der Waals surface area contributed by atoms with Gasteiger partial charge in [-0.25, -0.2) is 0 Å². The Kier molecular flexibility index (Phi) is 3.33. The summed E-state index contributed by atoms with van der Waals surface area (Å²) < 4.78 is 0. The van der Waals surface area contributed by atoms with Gasteiger partial charge in [-0.2, -0.15) is 0 Å². The standard InChI is InChI=1S/C15H18N2/c1-4-5-11-15-12(2)16-13(3)17(15)14-9-7-6-8-10-14/h4-11,13,16H,1H2,2-3H3/b11-5-. The van der Waals surface area contributed by atoms with Crippen LogP contribution in [0.25, 0.3) is 0 Å². The van der Waals surface area contributed by atoms with Gasteiger partial charge < -0.3 is 10.2 Å². The second-order valence-electron chi connectivity index (χ2n) is 4.13. The SMILES string of the molecule is C=C/C=C\C1=C(C)NC(C)N1c1ccccc1. The summed E-state index contributed by atoms with van der Waals surface area (Å²) in [5, 5.41) is 3.44. The average Bonchev–Trinajstić information content (AvgIpc) is 2.62. The second kappa shape index (κ2) is 4.91. The van der Waals surface area contributed by atoms with Crippen molar-refractivity contribution in [1.29, 1.82) is 0 Å². The van der Waals surface area contributed by atoms with Crippen LogP contribution >= 0.6 is 0 Å². The highest BCUT2D eigenvalue weighted by molar-refractivity contribution is 5.58. The van der Waals surface area contributed by atoms with E-state index in [1.165, 1.54) is 17.1 Å². The maximum Gasteiger partial charge on any atom is 0.101 e. The fourth-order valence-electron chi connectivity index (χ4n) is 2.16. The smallest absolute Gasteiger partial charge is 0.101 e. The van der Waals surface area contributed by atoms with Crippen molar-refractivity contribution in [3.63, 3.8) is 0 Å². The van der Waals surface area contributed by atoms with Gasteiger partial charge in [-0.1, -0.05) is 36.9 Å². The topological polar surface area (TPSA) is 15.3 Å². The van der Waals surface area contributed by atoms with Crippen molar-refractivity contribution in [3.05, 3.63) is 66.5 Å². The van der Waals surface area contributed by atoms with E-state index in [1.54, 1.807) is 6.08 Å². The largest absolute Gasteiger partial charge is 0.367 e. The van der Waals surface area contributed by atoms with Gasteiger partial charge in [0.1, 0.15) is 6.17 Å². The summed E-state index contributed by atoms with van der Waals surface area (Å²) in [5.41, 5.74) is 3.59. The third-order valence-corrected chi connectivity index (χ3v) is 2.88. The van der Waals surface area contributed by atoms with Crippen LogP contribution in [0.15, 0.2) is 66.5 Å². The molecule has 17 heavy (non-hydrogen) atoms. The lowest BCUT2D eigenvalue weighted by Crippen LogP contribution is -2.34. The fourth-order valence-corrected chi connectivity index (χ4v) is 2.16. The van der Waals surface area contributed by atoms with E-state index in [2.05, 4.69) is 61.0 Å². The van der Waals surface area contributed by atoms with Crippen LogP contribution in [-0.2, 0) is 0 Å². The lowest BCUT2D eigenvalue weighted by Gasteiger charge is -2.25. The summed E-state index contributed by atoms with van der Waals surface area (Å²) in [7, 11) is 0. The minimum atomic E-state index is 0.280. The predicted octanol–water partition coefficient (Wildman–Crippen LogP) is 3.42. The molecule has 2 rings (SSSR count). The molecule has 0 radical (unpaired) electrons. The zero-order valence-corrected chi connectivity index (χ0v) is 10.4. The van der Waals surface area contributed by atoms with Gasteiger partial charge >= 0.3 is 0 Å². The molecule has 1 aromatic carbocycles. The highest BCUT2D eigenvalue weighted by Gasteiger charge is 2.25. The highest BCUT2D eigenvalue weighted by atomic mass is 15.3. The molecule has 1 atom stereocenters. The molecule has 1 aliphatic heterocycles. The van der Waals surface area contributed by atoms with Crippen molar-refractivity contribution >= 4 is 5.69 Å². The molecule has 0 aromatic heterocycles. The van der Waals surface area contributed by atoms with Crippen LogP contribution in [0.1, 0.15) is 13.8 Å². The van der Waals surface area contributed by atoms with Gasteiger partial charge in [0.25, 0.3) is 0 Å². The number of hydrogen-bond acceptors (Lipinski definition) is 2. The summed E-state index contributed by atoms with van der Waals surface area (Å²) in [6.07, 6.45) is 6.13. The number of rotatable bonds is 3. The Balaban J connectivity index is 2.37. The third kappa shape index (κ3) is 2.26. The van der Waals surface area contributed by atoms with Crippen LogP contribution in [0.2, 0.25) is 0 Å². The number of allylic oxidation sites excluding steroid dienone is 4. The molecule has 0 amide bonds. The van der Waals surface area contributed by atoms with Crippen LogP contribution in [0.5, 0.6) is 0 Å². The van der Waals surface area contributed by atoms with Gasteiger partial charge in [0.2, 0.25) is 0 Å². The number of para-hydroxylation sites is 1. The summed E-state index contributed by atoms with van der Waals surface area (Å²) >= 11 is 0. The molecule has 1 unspecified atom stereocenters. The molecule has 0 fully saturated rings. The average molecular weight is 226 g/mol. The summed E-state index contributed by atoms with van der Waals surface area (Å²) in [4.78, 5) is 2.29. The van der Waals surface area contributed by atoms with Crippen LogP contribution in [0, 0.1) is 0 Å². The summed E-state index contributed by atoms with van der Waals surface area (Å²) in [6, 6.07) is 10.4. The molecule has 1 aromatic rings. The van der Waals surface area contributed by atoms with E-state index in [0.29, 0.717) is 0 Å². The van der Waals surface area contributed by atoms with Crippen LogP contribution < -0.4 is 10.2 Å². The van der Waals surface area contributed by atoms with E-state index in [-0.39, 0.29) is 6.17 Å². The summed E-state index contributed by atoms with van der Waals surface area (Å²) in [6.45, 7) is 7.97. The van der Waals surface area contributed by atoms with E-state index < -0.39 is 0 Å². The fraction of sp³-hybridized carbons (Fsp3) is 0.200. The Hall–Kier alpha value is -1.96. The monoisotopic (exact) mass is 226 g/mol. The maximum absolute atomic E-state index is 3.72. The molecule has 0 spiro atoms. The molecule has 1 aliphatic rings. The zero-order valence-electron chi connectivity index (χ0n) is 10.4. The molecule has 0 aliphatic carbocycles. The molecular weight excluding hydrogens is 208 g/mol. The maximum atomic E-state index is 3.72. The van der Waals surface area contributed by atoms with E-state index in [4.69, 9.17) is 0 Å². The minimum absolute atomic E-state index is 0.280. The Morgan fingerprint density at radius 1 is 1.29 bits per heavy atom. The van der Waals surface area contributed by atoms with Gasteiger partial charge in [0, 0.05) is 11.4 Å². The molecule has 88 valence electrons. The van der Waals surface area contributed by atoms with E-state index >= 15 is 0 Å². The number of benzene rings is 1. The van der Waals surface area contributed by atoms with Gasteiger partial charge in [-0.3, -0.25) is 0 Å². The third-order valence-electron chi connectivity index (χ3n) is 2.88. The molecule has 0 saturated carbocycles. The van der Waals surface area contributed by atoms with Crippen molar-refractivity contribution < 1.29 is 0 Å². The molecule has 2 nitrogen and oxygen atoms in total. The normalized spacial score (nSPS) is 19.9. The number of anilines is 1. The number of nitrogens with zero attached hydrogens (tertiary/aromatic N) is 1. The Morgan fingerprint density at radius 3 is 2.65 bits per heavy atom. The lowest BCUT2D eigenvalue weighted by molar-refractivity contribution is 0.663. The zero-order chi connectivity index (χ0) is 12.3. The van der Waals surface area contributed by atoms with Crippen molar-refractivity contribution in [1.82, 2.24) is 5.32 Å². The Labute approximate surface area is 103 Å². The highest BCUT2D eigenvalue weighted by Crippen LogP contribution is 2.28. The minimum Gasteiger partial charge on any atom is -0.367 e. The molecule has 0 saturated heterocycles. The van der Waals surface area contributed by atoms with Crippen molar-refractivity contribution in [2.75, 3.05) is 4.90 Å². The number of nitrogens with one attached hydrogen (secondary N) is 1. The molecule has 1 N–H and O–H groups in total. The van der Waals surface area contributed by atoms with Crippen LogP contribution in [0.3, 0.4) is 0 Å². The van der Waals surface area contributed by atoms with Gasteiger partial charge in [0.05, 0.1) is 5.70 Å². The van der Waals surface area contributed by atoms with Gasteiger partial charge in [0.15, 0.2) is 0 Å². The van der Waals surface area contributed by atoms with E-state index in [1.807, 2.05) is 12.1 Å². The Bertz CT molecular complexity index is 457. The molecule has 1 heterocycles. The molecule has 2 heteroatoms. The first-order valence-corrected chi connectivity index (χ1v) is 5.85. The van der Waals surface area contributed by atoms with Crippen molar-refractivity contribution in [3.8, 4) is 0 Å². The first-order chi connectivity index (χ1) is 8.24. The summed E-state index contributed by atoms with van der Waals surface area (Å²) in [5.74, 6) is 0. The van der Waals surface area contributed by atoms with E-state index in [0.717, 1.165) is 0 Å². The Morgan fingerprint density at radius 2 is 2.00 bits per heavy atom. The van der Waals surface area contributed by atoms with Gasteiger partial charge in [-0.05, 0) is 32.1 Å². The van der Waals surface area contributed by atoms with E-state index in [9.17, 15) is 0 Å². The predicted molar refractivity (Wildman–Crippen MR) is 73.6 cm³/mol. The quantitative estimate of drug-likeness (QED) is 0.794.